The van der Waals surface area contributed by atoms with E-state index in [0.29, 0.717) is 26.0 Å². The molecule has 2 amide bonds. The van der Waals surface area contributed by atoms with Crippen molar-refractivity contribution in [2.45, 2.75) is 44.1 Å². The Morgan fingerprint density at radius 1 is 1.32 bits per heavy atom. The number of aliphatic carboxylic acids is 1. The summed E-state index contributed by atoms with van der Waals surface area (Å²) in [5, 5.41) is 12.1. The Morgan fingerprint density at radius 3 is 2.47 bits per heavy atom. The van der Waals surface area contributed by atoms with Crippen LogP contribution in [0.3, 0.4) is 0 Å². The van der Waals surface area contributed by atoms with Gasteiger partial charge in [0, 0.05) is 27.3 Å². The zero-order chi connectivity index (χ0) is 14.3. The number of amides is 2. The second-order valence-electron chi connectivity index (χ2n) is 5.15. The fourth-order valence-corrected chi connectivity index (χ4v) is 2.40. The highest BCUT2D eigenvalue weighted by Crippen LogP contribution is 2.28. The molecular formula is C13H24N2O4. The van der Waals surface area contributed by atoms with Crippen LogP contribution in [0.1, 0.15) is 38.5 Å². The summed E-state index contributed by atoms with van der Waals surface area (Å²) in [5.74, 6) is -0.925. The highest BCUT2D eigenvalue weighted by molar-refractivity contribution is 5.86. The first-order valence-electron chi connectivity index (χ1n) is 6.77. The minimum absolute atomic E-state index is 0.319. The van der Waals surface area contributed by atoms with Gasteiger partial charge in [-0.25, -0.2) is 9.59 Å². The lowest BCUT2D eigenvalue weighted by Gasteiger charge is -2.35. The zero-order valence-corrected chi connectivity index (χ0v) is 11.8. The van der Waals surface area contributed by atoms with E-state index in [0.717, 1.165) is 25.7 Å². The van der Waals surface area contributed by atoms with Crippen LogP contribution < -0.4 is 5.32 Å². The van der Waals surface area contributed by atoms with E-state index >= 15 is 0 Å². The maximum Gasteiger partial charge on any atom is 0.329 e. The van der Waals surface area contributed by atoms with Gasteiger partial charge in [0.15, 0.2) is 0 Å². The largest absolute Gasteiger partial charge is 0.480 e. The fourth-order valence-electron chi connectivity index (χ4n) is 2.40. The minimum atomic E-state index is -1.08. The Bertz CT molecular complexity index is 314. The number of carbonyl (C=O) groups excluding carboxylic acids is 1. The molecule has 1 saturated carbocycles. The number of carboxylic acid groups (broad SMARTS) is 1. The summed E-state index contributed by atoms with van der Waals surface area (Å²) in [6.45, 7) is 1.14. The number of nitrogens with one attached hydrogen (secondary N) is 1. The number of hydrogen-bond donors (Lipinski definition) is 2. The summed E-state index contributed by atoms with van der Waals surface area (Å²) in [6, 6.07) is -0.319. The summed E-state index contributed by atoms with van der Waals surface area (Å²) < 4.78 is 4.93. The Hall–Kier alpha value is -1.30. The van der Waals surface area contributed by atoms with Gasteiger partial charge < -0.3 is 20.1 Å². The van der Waals surface area contributed by atoms with Crippen molar-refractivity contribution in [1.82, 2.24) is 10.2 Å². The van der Waals surface area contributed by atoms with E-state index in [-0.39, 0.29) is 6.03 Å². The van der Waals surface area contributed by atoms with Gasteiger partial charge >= 0.3 is 12.0 Å². The molecule has 1 aliphatic rings. The van der Waals surface area contributed by atoms with Crippen LogP contribution in [0, 0.1) is 0 Å². The van der Waals surface area contributed by atoms with Gasteiger partial charge in [-0.3, -0.25) is 0 Å². The molecule has 1 fully saturated rings. The number of ether oxygens (including phenoxy) is 1. The lowest BCUT2D eigenvalue weighted by Crippen LogP contribution is -2.58. The number of rotatable bonds is 6. The molecule has 110 valence electrons. The Morgan fingerprint density at radius 2 is 1.95 bits per heavy atom. The predicted octanol–water partition coefficient (Wildman–Crippen LogP) is 1.45. The van der Waals surface area contributed by atoms with Gasteiger partial charge in [0.25, 0.3) is 0 Å². The molecule has 0 aromatic heterocycles. The highest BCUT2D eigenvalue weighted by Gasteiger charge is 2.41. The van der Waals surface area contributed by atoms with Gasteiger partial charge in [0.2, 0.25) is 0 Å². The van der Waals surface area contributed by atoms with E-state index in [4.69, 9.17) is 4.74 Å². The predicted molar refractivity (Wildman–Crippen MR) is 71.1 cm³/mol. The molecule has 6 nitrogen and oxygen atoms in total. The first-order chi connectivity index (χ1) is 9.02. The van der Waals surface area contributed by atoms with E-state index in [2.05, 4.69) is 5.32 Å². The number of nitrogens with zero attached hydrogens (tertiary/aromatic N) is 1. The van der Waals surface area contributed by atoms with E-state index < -0.39 is 11.5 Å². The van der Waals surface area contributed by atoms with Crippen molar-refractivity contribution in [3.8, 4) is 0 Å². The number of methoxy groups -OCH3 is 1. The van der Waals surface area contributed by atoms with Crippen LogP contribution in [-0.2, 0) is 9.53 Å². The van der Waals surface area contributed by atoms with Gasteiger partial charge in [0.1, 0.15) is 5.54 Å². The smallest absolute Gasteiger partial charge is 0.329 e. The number of hydrogen-bond acceptors (Lipinski definition) is 3. The van der Waals surface area contributed by atoms with Crippen molar-refractivity contribution in [2.24, 2.45) is 0 Å². The second kappa shape index (κ2) is 7.33. The second-order valence-corrected chi connectivity index (χ2v) is 5.15. The molecular weight excluding hydrogens is 248 g/mol. The van der Waals surface area contributed by atoms with Gasteiger partial charge in [-0.05, 0) is 19.3 Å². The van der Waals surface area contributed by atoms with Gasteiger partial charge in [-0.15, -0.1) is 0 Å². The van der Waals surface area contributed by atoms with Gasteiger partial charge in [-0.2, -0.15) is 0 Å². The van der Waals surface area contributed by atoms with Crippen LogP contribution in [0.2, 0.25) is 0 Å². The summed E-state index contributed by atoms with van der Waals surface area (Å²) >= 11 is 0. The van der Waals surface area contributed by atoms with Crippen molar-refractivity contribution in [3.05, 3.63) is 0 Å². The molecule has 0 aromatic carbocycles. The summed E-state index contributed by atoms with van der Waals surface area (Å²) in [5.41, 5.74) is -1.08. The molecule has 0 radical (unpaired) electrons. The summed E-state index contributed by atoms with van der Waals surface area (Å²) in [4.78, 5) is 25.0. The number of carbonyl (C=O) groups is 2. The van der Waals surface area contributed by atoms with E-state index in [1.165, 1.54) is 4.90 Å². The van der Waals surface area contributed by atoms with Crippen molar-refractivity contribution in [3.63, 3.8) is 0 Å². The average Bonchev–Trinajstić information content (AvgIpc) is 2.39. The third kappa shape index (κ3) is 4.38. The minimum Gasteiger partial charge on any atom is -0.480 e. The molecule has 2 N–H and O–H groups in total. The molecule has 0 aromatic rings. The monoisotopic (exact) mass is 272 g/mol. The van der Waals surface area contributed by atoms with E-state index in [9.17, 15) is 14.7 Å². The molecule has 0 heterocycles. The Labute approximate surface area is 114 Å². The first-order valence-corrected chi connectivity index (χ1v) is 6.77. The molecule has 0 saturated heterocycles. The number of carboxylic acids is 1. The molecule has 19 heavy (non-hydrogen) atoms. The van der Waals surface area contributed by atoms with Crippen LogP contribution in [-0.4, -0.2) is 54.9 Å². The molecule has 0 aliphatic heterocycles. The first kappa shape index (κ1) is 15.8. The van der Waals surface area contributed by atoms with Crippen molar-refractivity contribution in [2.75, 3.05) is 27.3 Å². The number of urea groups is 1. The molecule has 0 spiro atoms. The quantitative estimate of drug-likeness (QED) is 0.717. The lowest BCUT2D eigenvalue weighted by atomic mass is 9.82. The fraction of sp³-hybridized carbons (Fsp3) is 0.846. The topological polar surface area (TPSA) is 78.9 Å². The third-order valence-corrected chi connectivity index (χ3v) is 3.65. The summed E-state index contributed by atoms with van der Waals surface area (Å²) in [6.07, 6.45) is 4.50. The van der Waals surface area contributed by atoms with Crippen molar-refractivity contribution in [1.29, 1.82) is 0 Å². The zero-order valence-electron chi connectivity index (χ0n) is 11.8. The maximum absolute atomic E-state index is 12.0. The highest BCUT2D eigenvalue weighted by atomic mass is 16.5. The lowest BCUT2D eigenvalue weighted by molar-refractivity contribution is -0.145. The standard InChI is InChI=1S/C13H24N2O4/c1-15(9-6-10-19-2)12(18)14-13(11(16)17)7-4-3-5-8-13/h3-10H2,1-2H3,(H,14,18)(H,16,17). The SMILES string of the molecule is COCCCN(C)C(=O)NC1(C(=O)O)CCCCC1. The molecule has 1 rings (SSSR count). The van der Waals surface area contributed by atoms with E-state index in [1.54, 1.807) is 14.2 Å². The van der Waals surface area contributed by atoms with Gasteiger partial charge in [-0.1, -0.05) is 19.3 Å². The van der Waals surface area contributed by atoms with Crippen molar-refractivity contribution >= 4 is 12.0 Å². The third-order valence-electron chi connectivity index (χ3n) is 3.65. The Kier molecular flexibility index (Phi) is 6.08. The van der Waals surface area contributed by atoms with Crippen LogP contribution in [0.5, 0.6) is 0 Å². The molecule has 6 heteroatoms. The average molecular weight is 272 g/mol. The van der Waals surface area contributed by atoms with E-state index in [1.807, 2.05) is 0 Å². The maximum atomic E-state index is 12.0. The normalized spacial score (nSPS) is 17.8. The summed E-state index contributed by atoms with van der Waals surface area (Å²) in [7, 11) is 3.28. The van der Waals surface area contributed by atoms with Crippen LogP contribution in [0.25, 0.3) is 0 Å². The molecule has 1 aliphatic carbocycles. The van der Waals surface area contributed by atoms with Crippen molar-refractivity contribution < 1.29 is 19.4 Å². The van der Waals surface area contributed by atoms with Crippen LogP contribution >= 0.6 is 0 Å². The Balaban J connectivity index is 2.54. The molecule has 0 bridgehead atoms. The molecule has 0 unspecified atom stereocenters. The molecule has 0 atom stereocenters. The van der Waals surface area contributed by atoms with Crippen LogP contribution in [0.15, 0.2) is 0 Å². The van der Waals surface area contributed by atoms with Crippen LogP contribution in [0.4, 0.5) is 4.79 Å². The van der Waals surface area contributed by atoms with Gasteiger partial charge in [0.05, 0.1) is 0 Å².